The summed E-state index contributed by atoms with van der Waals surface area (Å²) in [6.45, 7) is 0. The van der Waals surface area contributed by atoms with Crippen molar-refractivity contribution in [2.45, 2.75) is 0 Å². The third-order valence-electron chi connectivity index (χ3n) is 4.65. The van der Waals surface area contributed by atoms with Gasteiger partial charge in [-0.1, -0.05) is 78.9 Å². The van der Waals surface area contributed by atoms with Crippen LogP contribution in [0.5, 0.6) is 0 Å². The van der Waals surface area contributed by atoms with Gasteiger partial charge in [-0.15, -0.1) is 0 Å². The number of aliphatic hydroxyl groups is 1. The molecule has 0 aliphatic rings. The summed E-state index contributed by atoms with van der Waals surface area (Å²) in [6, 6.07) is 37.7. The summed E-state index contributed by atoms with van der Waals surface area (Å²) in [5, 5.41) is 10.6. The lowest BCUT2D eigenvalue weighted by molar-refractivity contribution is 0.472. The van der Waals surface area contributed by atoms with E-state index in [4.69, 9.17) is 0 Å². The van der Waals surface area contributed by atoms with Gasteiger partial charge in [-0.25, -0.2) is 0 Å². The summed E-state index contributed by atoms with van der Waals surface area (Å²) in [5.74, 6) is 0. The molecule has 0 bridgehead atoms. The lowest BCUT2D eigenvalue weighted by Gasteiger charge is -2.21. The van der Waals surface area contributed by atoms with Crippen molar-refractivity contribution in [1.82, 2.24) is 0 Å². The van der Waals surface area contributed by atoms with Crippen LogP contribution < -0.4 is 9.97 Å². The average molecular weight is 395 g/mol. The van der Waals surface area contributed by atoms with Gasteiger partial charge in [-0.05, 0) is 57.9 Å². The van der Waals surface area contributed by atoms with Crippen LogP contribution in [-0.2, 0) is 0 Å². The van der Waals surface area contributed by atoms with E-state index in [1.54, 1.807) is 6.20 Å². The van der Waals surface area contributed by atoms with Crippen molar-refractivity contribution in [3.63, 3.8) is 0 Å². The number of aliphatic hydroxyl groups excluding tert-OH is 1. The van der Waals surface area contributed by atoms with E-state index in [-0.39, 0.29) is 0 Å². The van der Waals surface area contributed by atoms with Crippen LogP contribution in [0, 0.1) is 0 Å². The second-order valence-electron chi connectivity index (χ2n) is 6.65. The monoisotopic (exact) mass is 395 g/mol. The van der Waals surface area contributed by atoms with Gasteiger partial charge < -0.3 is 9.78 Å². The first-order valence-electron chi connectivity index (χ1n) is 9.51. The molecule has 142 valence electrons. The van der Waals surface area contributed by atoms with Crippen LogP contribution >= 0.6 is 8.73 Å². The van der Waals surface area contributed by atoms with Crippen LogP contribution in [0.2, 0.25) is 0 Å². The Kier molecular flexibility index (Phi) is 6.04. The molecule has 4 rings (SSSR count). The number of hydrogen-bond donors (Lipinski definition) is 1. The van der Waals surface area contributed by atoms with Gasteiger partial charge in [-0.2, -0.15) is 0 Å². The van der Waals surface area contributed by atoms with Crippen LogP contribution in [0.4, 0.5) is 5.69 Å². The Hall–Kier alpha value is -3.35. The van der Waals surface area contributed by atoms with Gasteiger partial charge in [0.2, 0.25) is 0 Å². The third kappa shape index (κ3) is 4.74. The topological polar surface area (TPSA) is 23.5 Å². The standard InChI is InChI=1S/C26H22NOP/c28-17-16-27(25-14-8-3-9-15-25)29-26-19-23(21-10-4-1-5-11-21)18-24(20-26)22-12-6-2-7-13-22/h1-20,28-29H/b17-16-. The van der Waals surface area contributed by atoms with Crippen molar-refractivity contribution in [1.29, 1.82) is 0 Å². The Balaban J connectivity index is 1.77. The molecule has 0 saturated heterocycles. The van der Waals surface area contributed by atoms with Crippen LogP contribution in [0.25, 0.3) is 22.3 Å². The smallest absolute Gasteiger partial charge is 0.0956 e. The summed E-state index contributed by atoms with van der Waals surface area (Å²) in [6.07, 6.45) is 2.81. The summed E-state index contributed by atoms with van der Waals surface area (Å²) in [4.78, 5) is 0. The molecule has 0 heterocycles. The summed E-state index contributed by atoms with van der Waals surface area (Å²) >= 11 is 0. The number of rotatable bonds is 6. The Labute approximate surface area is 173 Å². The first-order valence-corrected chi connectivity index (χ1v) is 10.5. The molecule has 4 aromatic carbocycles. The maximum Gasteiger partial charge on any atom is 0.0956 e. The molecule has 3 heteroatoms. The molecule has 0 amide bonds. The zero-order valence-corrected chi connectivity index (χ0v) is 16.9. The molecule has 0 radical (unpaired) electrons. The van der Waals surface area contributed by atoms with Gasteiger partial charge in [0, 0.05) is 20.6 Å². The van der Waals surface area contributed by atoms with Gasteiger partial charge in [0.15, 0.2) is 0 Å². The van der Waals surface area contributed by atoms with Gasteiger partial charge in [0.25, 0.3) is 0 Å². The van der Waals surface area contributed by atoms with Crippen molar-refractivity contribution >= 4 is 19.7 Å². The molecular formula is C26H22NOP. The zero-order valence-electron chi connectivity index (χ0n) is 15.9. The van der Waals surface area contributed by atoms with Crippen molar-refractivity contribution in [3.8, 4) is 22.3 Å². The largest absolute Gasteiger partial charge is 0.514 e. The Morgan fingerprint density at radius 3 is 1.55 bits per heavy atom. The number of para-hydroxylation sites is 1. The summed E-state index contributed by atoms with van der Waals surface area (Å²) < 4.78 is 2.07. The normalized spacial score (nSPS) is 11.3. The quantitative estimate of drug-likeness (QED) is 0.287. The fraction of sp³-hybridized carbons (Fsp3) is 0. The van der Waals surface area contributed by atoms with Gasteiger partial charge in [-0.3, -0.25) is 0 Å². The van der Waals surface area contributed by atoms with Crippen LogP contribution in [0.15, 0.2) is 122 Å². The molecule has 0 aromatic heterocycles. The minimum absolute atomic E-state index is 0.349. The lowest BCUT2D eigenvalue weighted by Crippen LogP contribution is -2.10. The van der Waals surface area contributed by atoms with Crippen molar-refractivity contribution in [2.75, 3.05) is 4.67 Å². The van der Waals surface area contributed by atoms with E-state index >= 15 is 0 Å². The fourth-order valence-electron chi connectivity index (χ4n) is 3.27. The average Bonchev–Trinajstić information content (AvgIpc) is 2.80. The van der Waals surface area contributed by atoms with E-state index < -0.39 is 0 Å². The number of nitrogens with zero attached hydrogens (tertiary/aromatic N) is 1. The lowest BCUT2D eigenvalue weighted by atomic mass is 9.99. The predicted molar refractivity (Wildman–Crippen MR) is 126 cm³/mol. The van der Waals surface area contributed by atoms with Crippen molar-refractivity contribution < 1.29 is 5.11 Å². The number of anilines is 1. The Morgan fingerprint density at radius 2 is 1.07 bits per heavy atom. The predicted octanol–water partition coefficient (Wildman–Crippen LogP) is 6.78. The van der Waals surface area contributed by atoms with E-state index in [2.05, 4.69) is 71.4 Å². The molecule has 0 aliphatic heterocycles. The van der Waals surface area contributed by atoms with Crippen LogP contribution in [0.3, 0.4) is 0 Å². The van der Waals surface area contributed by atoms with E-state index in [0.717, 1.165) is 11.9 Å². The molecule has 29 heavy (non-hydrogen) atoms. The highest BCUT2D eigenvalue weighted by molar-refractivity contribution is 7.49. The van der Waals surface area contributed by atoms with Gasteiger partial charge in [0.05, 0.1) is 6.26 Å². The first-order chi connectivity index (χ1) is 14.3. The number of hydrogen-bond acceptors (Lipinski definition) is 2. The maximum absolute atomic E-state index is 9.42. The van der Waals surface area contributed by atoms with E-state index in [1.807, 2.05) is 42.5 Å². The van der Waals surface area contributed by atoms with E-state index in [1.165, 1.54) is 27.6 Å². The SMILES string of the molecule is O/C=C\N(Pc1cc(-c2ccccc2)cc(-c2ccccc2)c1)c1ccccc1. The summed E-state index contributed by atoms with van der Waals surface area (Å²) in [7, 11) is 0.349. The van der Waals surface area contributed by atoms with E-state index in [9.17, 15) is 5.11 Å². The first kappa shape index (κ1) is 19.0. The van der Waals surface area contributed by atoms with Gasteiger partial charge >= 0.3 is 0 Å². The van der Waals surface area contributed by atoms with E-state index in [0.29, 0.717) is 8.73 Å². The molecule has 4 aromatic rings. The van der Waals surface area contributed by atoms with Crippen molar-refractivity contribution in [3.05, 3.63) is 122 Å². The summed E-state index contributed by atoms with van der Waals surface area (Å²) in [5.41, 5.74) is 5.81. The highest BCUT2D eigenvalue weighted by atomic mass is 31.1. The van der Waals surface area contributed by atoms with Crippen LogP contribution in [0.1, 0.15) is 0 Å². The molecule has 1 N–H and O–H groups in total. The minimum Gasteiger partial charge on any atom is -0.514 e. The minimum atomic E-state index is 0.349. The van der Waals surface area contributed by atoms with Crippen molar-refractivity contribution in [2.24, 2.45) is 0 Å². The highest BCUT2D eigenvalue weighted by Crippen LogP contribution is 2.32. The zero-order chi connectivity index (χ0) is 19.9. The molecule has 0 fully saturated rings. The third-order valence-corrected chi connectivity index (χ3v) is 5.84. The molecule has 0 aliphatic carbocycles. The second-order valence-corrected chi connectivity index (χ2v) is 7.93. The second kappa shape index (κ2) is 9.23. The molecular weight excluding hydrogens is 373 g/mol. The maximum atomic E-state index is 9.42. The highest BCUT2D eigenvalue weighted by Gasteiger charge is 2.09. The Bertz CT molecular complexity index is 1020. The number of benzene rings is 4. The Morgan fingerprint density at radius 1 is 0.586 bits per heavy atom. The molecule has 2 nitrogen and oxygen atoms in total. The molecule has 1 unspecified atom stereocenters. The molecule has 0 spiro atoms. The van der Waals surface area contributed by atoms with Gasteiger partial charge in [0.1, 0.15) is 0 Å². The molecule has 0 saturated carbocycles. The molecule has 1 atom stereocenters. The van der Waals surface area contributed by atoms with Crippen LogP contribution in [-0.4, -0.2) is 5.11 Å². The fourth-order valence-corrected chi connectivity index (χ4v) is 4.41.